The van der Waals surface area contributed by atoms with Gasteiger partial charge in [0.15, 0.2) is 0 Å². The number of aromatic nitrogens is 2. The Bertz CT molecular complexity index is 446. The Balaban J connectivity index is 2.15. The summed E-state index contributed by atoms with van der Waals surface area (Å²) in [7, 11) is 0. The SMILES string of the molecule is CCC1(CNc2cc(NN)nc(C(C)(C)C)n2)CC1. The first-order valence-electron chi connectivity index (χ1n) is 6.99. The van der Waals surface area contributed by atoms with E-state index in [1.165, 1.54) is 19.3 Å². The summed E-state index contributed by atoms with van der Waals surface area (Å²) in [5, 5.41) is 3.44. The first-order chi connectivity index (χ1) is 8.88. The molecule has 0 amide bonds. The third-order valence-corrected chi connectivity index (χ3v) is 3.90. The van der Waals surface area contributed by atoms with Crippen molar-refractivity contribution >= 4 is 11.6 Å². The van der Waals surface area contributed by atoms with E-state index in [9.17, 15) is 0 Å². The topological polar surface area (TPSA) is 75.9 Å². The Kier molecular flexibility index (Phi) is 3.67. The Morgan fingerprint density at radius 3 is 2.37 bits per heavy atom. The molecule has 1 aliphatic carbocycles. The van der Waals surface area contributed by atoms with Gasteiger partial charge in [-0.3, -0.25) is 0 Å². The molecule has 1 saturated carbocycles. The van der Waals surface area contributed by atoms with Crippen LogP contribution in [0.4, 0.5) is 11.6 Å². The average molecular weight is 263 g/mol. The highest BCUT2D eigenvalue weighted by Gasteiger charge is 2.40. The van der Waals surface area contributed by atoms with E-state index in [0.717, 1.165) is 18.2 Å². The van der Waals surface area contributed by atoms with Gasteiger partial charge in [-0.25, -0.2) is 15.8 Å². The number of nitrogen functional groups attached to an aromatic ring is 1. The van der Waals surface area contributed by atoms with Crippen LogP contribution in [0.5, 0.6) is 0 Å². The van der Waals surface area contributed by atoms with E-state index in [0.29, 0.717) is 11.2 Å². The minimum absolute atomic E-state index is 0.0920. The third kappa shape index (κ3) is 3.35. The van der Waals surface area contributed by atoms with E-state index < -0.39 is 0 Å². The molecule has 5 heteroatoms. The summed E-state index contributed by atoms with van der Waals surface area (Å²) in [6, 6.07) is 1.86. The Morgan fingerprint density at radius 2 is 1.89 bits per heavy atom. The number of hydrogen-bond acceptors (Lipinski definition) is 5. The van der Waals surface area contributed by atoms with Crippen molar-refractivity contribution in [3.63, 3.8) is 0 Å². The van der Waals surface area contributed by atoms with Gasteiger partial charge in [-0.05, 0) is 24.7 Å². The molecule has 0 spiro atoms. The van der Waals surface area contributed by atoms with Crippen LogP contribution in [0, 0.1) is 5.41 Å². The molecule has 0 unspecified atom stereocenters. The van der Waals surface area contributed by atoms with Crippen LogP contribution < -0.4 is 16.6 Å². The third-order valence-electron chi connectivity index (χ3n) is 3.90. The van der Waals surface area contributed by atoms with Crippen LogP contribution in [-0.2, 0) is 5.41 Å². The monoisotopic (exact) mass is 263 g/mol. The van der Waals surface area contributed by atoms with Crippen molar-refractivity contribution in [1.29, 1.82) is 0 Å². The zero-order valence-corrected chi connectivity index (χ0v) is 12.4. The van der Waals surface area contributed by atoms with E-state index in [2.05, 4.69) is 48.4 Å². The van der Waals surface area contributed by atoms with Crippen molar-refractivity contribution in [2.75, 3.05) is 17.3 Å². The van der Waals surface area contributed by atoms with Gasteiger partial charge in [-0.2, -0.15) is 0 Å². The first-order valence-corrected chi connectivity index (χ1v) is 6.99. The van der Waals surface area contributed by atoms with Crippen molar-refractivity contribution in [2.45, 2.75) is 52.4 Å². The molecule has 1 fully saturated rings. The summed E-state index contributed by atoms with van der Waals surface area (Å²) >= 11 is 0. The second kappa shape index (κ2) is 4.96. The number of nitrogens with one attached hydrogen (secondary N) is 2. The van der Waals surface area contributed by atoms with Gasteiger partial charge in [-0.15, -0.1) is 0 Å². The molecule has 0 aromatic carbocycles. The van der Waals surface area contributed by atoms with Gasteiger partial charge < -0.3 is 10.7 Å². The highest BCUT2D eigenvalue weighted by Crippen LogP contribution is 2.48. The molecule has 0 aliphatic heterocycles. The summed E-state index contributed by atoms with van der Waals surface area (Å²) in [4.78, 5) is 9.02. The molecule has 2 rings (SSSR count). The van der Waals surface area contributed by atoms with Crippen LogP contribution in [0.15, 0.2) is 6.07 Å². The summed E-state index contributed by atoms with van der Waals surface area (Å²) in [6.07, 6.45) is 3.85. The molecular weight excluding hydrogens is 238 g/mol. The Hall–Kier alpha value is -1.36. The van der Waals surface area contributed by atoms with Crippen molar-refractivity contribution in [2.24, 2.45) is 11.3 Å². The molecule has 1 heterocycles. The molecule has 5 nitrogen and oxygen atoms in total. The largest absolute Gasteiger partial charge is 0.369 e. The van der Waals surface area contributed by atoms with Crippen LogP contribution in [0.3, 0.4) is 0 Å². The van der Waals surface area contributed by atoms with Crippen molar-refractivity contribution in [1.82, 2.24) is 9.97 Å². The number of anilines is 2. The quantitative estimate of drug-likeness (QED) is 0.562. The van der Waals surface area contributed by atoms with Crippen molar-refractivity contribution < 1.29 is 0 Å². The van der Waals surface area contributed by atoms with Crippen LogP contribution in [0.2, 0.25) is 0 Å². The van der Waals surface area contributed by atoms with Crippen LogP contribution >= 0.6 is 0 Å². The Labute approximate surface area is 115 Å². The highest BCUT2D eigenvalue weighted by atomic mass is 15.3. The molecule has 0 radical (unpaired) electrons. The number of hydrazine groups is 1. The number of rotatable bonds is 5. The Morgan fingerprint density at radius 1 is 1.26 bits per heavy atom. The second-order valence-corrected chi connectivity index (χ2v) is 6.56. The van der Waals surface area contributed by atoms with Crippen molar-refractivity contribution in [3.8, 4) is 0 Å². The molecular formula is C14H25N5. The molecule has 1 aliphatic rings. The predicted octanol–water partition coefficient (Wildman–Crippen LogP) is 2.66. The zero-order chi connectivity index (χ0) is 14.1. The standard InChI is InChI=1S/C14H25N5/c1-5-14(6-7-14)9-16-10-8-11(19-15)18-12(17-10)13(2,3)4/h8H,5-7,9,15H2,1-4H3,(H2,16,17,18,19). The number of hydrogen-bond donors (Lipinski definition) is 3. The molecule has 0 saturated heterocycles. The van der Waals surface area contributed by atoms with Gasteiger partial charge in [0.2, 0.25) is 0 Å². The number of nitrogens with two attached hydrogens (primary N) is 1. The summed E-state index contributed by atoms with van der Waals surface area (Å²) in [5.41, 5.74) is 3.01. The maximum absolute atomic E-state index is 5.48. The van der Waals surface area contributed by atoms with Gasteiger partial charge in [0.25, 0.3) is 0 Å². The summed E-state index contributed by atoms with van der Waals surface area (Å²) < 4.78 is 0. The highest BCUT2D eigenvalue weighted by molar-refractivity contribution is 5.47. The fourth-order valence-electron chi connectivity index (χ4n) is 2.06. The fourth-order valence-corrected chi connectivity index (χ4v) is 2.06. The maximum atomic E-state index is 5.48. The minimum Gasteiger partial charge on any atom is -0.369 e. The predicted molar refractivity (Wildman–Crippen MR) is 79.0 cm³/mol. The molecule has 1 aromatic rings. The zero-order valence-electron chi connectivity index (χ0n) is 12.4. The van der Waals surface area contributed by atoms with E-state index in [-0.39, 0.29) is 5.41 Å². The minimum atomic E-state index is -0.0920. The first kappa shape index (κ1) is 14.1. The van der Waals surface area contributed by atoms with Crippen LogP contribution in [-0.4, -0.2) is 16.5 Å². The summed E-state index contributed by atoms with van der Waals surface area (Å²) in [5.74, 6) is 7.79. The van der Waals surface area contributed by atoms with Gasteiger partial charge in [0.1, 0.15) is 17.5 Å². The molecule has 1 aromatic heterocycles. The maximum Gasteiger partial charge on any atom is 0.145 e. The molecule has 106 valence electrons. The lowest BCUT2D eigenvalue weighted by molar-refractivity contribution is 0.518. The molecule has 4 N–H and O–H groups in total. The molecule has 0 atom stereocenters. The van der Waals surface area contributed by atoms with Gasteiger partial charge in [0, 0.05) is 18.0 Å². The fraction of sp³-hybridized carbons (Fsp3) is 0.714. The van der Waals surface area contributed by atoms with Crippen LogP contribution in [0.25, 0.3) is 0 Å². The van der Waals surface area contributed by atoms with Gasteiger partial charge in [0.05, 0.1) is 0 Å². The van der Waals surface area contributed by atoms with Crippen LogP contribution in [0.1, 0.15) is 52.8 Å². The lowest BCUT2D eigenvalue weighted by atomic mass is 9.96. The van der Waals surface area contributed by atoms with E-state index in [1.807, 2.05) is 6.07 Å². The average Bonchev–Trinajstić information content (AvgIpc) is 3.15. The van der Waals surface area contributed by atoms with Gasteiger partial charge >= 0.3 is 0 Å². The van der Waals surface area contributed by atoms with E-state index >= 15 is 0 Å². The second-order valence-electron chi connectivity index (χ2n) is 6.56. The van der Waals surface area contributed by atoms with E-state index in [4.69, 9.17) is 5.84 Å². The summed E-state index contributed by atoms with van der Waals surface area (Å²) in [6.45, 7) is 9.53. The molecule has 19 heavy (non-hydrogen) atoms. The van der Waals surface area contributed by atoms with Gasteiger partial charge in [-0.1, -0.05) is 27.7 Å². The normalized spacial score (nSPS) is 17.1. The number of nitrogens with zero attached hydrogens (tertiary/aromatic N) is 2. The lowest BCUT2D eigenvalue weighted by Crippen LogP contribution is -2.21. The lowest BCUT2D eigenvalue weighted by Gasteiger charge is -2.20. The molecule has 0 bridgehead atoms. The smallest absolute Gasteiger partial charge is 0.145 e. The van der Waals surface area contributed by atoms with E-state index in [1.54, 1.807) is 0 Å². The van der Waals surface area contributed by atoms with Crippen molar-refractivity contribution in [3.05, 3.63) is 11.9 Å².